The Morgan fingerprint density at radius 2 is 1.80 bits per heavy atom. The molecule has 0 bridgehead atoms. The summed E-state index contributed by atoms with van der Waals surface area (Å²) in [6.45, 7) is 6.44. The Morgan fingerprint density at radius 1 is 1.13 bits per heavy atom. The zero-order valence-corrected chi connectivity index (χ0v) is 9.31. The van der Waals surface area contributed by atoms with Crippen LogP contribution >= 0.6 is 0 Å². The molecule has 15 heavy (non-hydrogen) atoms. The Bertz CT molecular complexity index is 444. The third-order valence-electron chi connectivity index (χ3n) is 2.44. The van der Waals surface area contributed by atoms with E-state index < -0.39 is 0 Å². The third-order valence-corrected chi connectivity index (χ3v) is 2.44. The summed E-state index contributed by atoms with van der Waals surface area (Å²) in [6.07, 6.45) is 3.40. The molecule has 3 heteroatoms. The van der Waals surface area contributed by atoms with Crippen molar-refractivity contribution in [1.82, 2.24) is 15.0 Å². The fraction of sp³-hybridized carbons (Fsp3) is 0.333. The molecule has 0 aliphatic carbocycles. The summed E-state index contributed by atoms with van der Waals surface area (Å²) in [5.41, 5.74) is 3.58. The lowest BCUT2D eigenvalue weighted by Gasteiger charge is -2.12. The second kappa shape index (κ2) is 3.85. The molecule has 0 aliphatic heterocycles. The molecule has 0 spiro atoms. The summed E-state index contributed by atoms with van der Waals surface area (Å²) in [6, 6.07) is 6.40. The molecule has 2 aromatic rings. The molecular weight excluding hydrogens is 186 g/mol. The number of benzene rings is 1. The number of rotatable bonds is 2. The molecule has 0 fully saturated rings. The van der Waals surface area contributed by atoms with E-state index in [1.54, 1.807) is 17.2 Å². The van der Waals surface area contributed by atoms with Gasteiger partial charge in [0.25, 0.3) is 0 Å². The minimum absolute atomic E-state index is 0.478. The average molecular weight is 201 g/mol. The van der Waals surface area contributed by atoms with E-state index in [9.17, 15) is 0 Å². The molecule has 0 saturated carbocycles. The third kappa shape index (κ3) is 1.91. The number of hydrogen-bond donors (Lipinski definition) is 0. The Balaban J connectivity index is 2.58. The molecule has 0 atom stereocenters. The van der Waals surface area contributed by atoms with Gasteiger partial charge in [0.1, 0.15) is 0 Å². The van der Waals surface area contributed by atoms with Gasteiger partial charge in [-0.25, -0.2) is 0 Å². The molecule has 3 nitrogen and oxygen atoms in total. The van der Waals surface area contributed by atoms with Gasteiger partial charge in [0.2, 0.25) is 0 Å². The maximum atomic E-state index is 4.18. The van der Waals surface area contributed by atoms with Gasteiger partial charge >= 0.3 is 0 Å². The van der Waals surface area contributed by atoms with Gasteiger partial charge in [-0.2, -0.15) is 15.0 Å². The number of hydrogen-bond acceptors (Lipinski definition) is 2. The summed E-state index contributed by atoms with van der Waals surface area (Å²) in [4.78, 5) is 1.68. The van der Waals surface area contributed by atoms with Crippen LogP contribution in [0.1, 0.15) is 30.9 Å². The quantitative estimate of drug-likeness (QED) is 0.748. The Hall–Kier alpha value is -1.64. The van der Waals surface area contributed by atoms with E-state index in [1.807, 2.05) is 0 Å². The minimum Gasteiger partial charge on any atom is -0.157 e. The first-order valence-corrected chi connectivity index (χ1v) is 5.15. The van der Waals surface area contributed by atoms with Gasteiger partial charge < -0.3 is 0 Å². The highest BCUT2D eigenvalue weighted by Crippen LogP contribution is 2.22. The van der Waals surface area contributed by atoms with Crippen molar-refractivity contribution in [3.05, 3.63) is 41.7 Å². The van der Waals surface area contributed by atoms with Gasteiger partial charge in [-0.05, 0) is 30.0 Å². The molecular formula is C12H15N3. The first kappa shape index (κ1) is 9.90. The van der Waals surface area contributed by atoms with Crippen molar-refractivity contribution in [2.45, 2.75) is 26.7 Å². The van der Waals surface area contributed by atoms with E-state index >= 15 is 0 Å². The number of nitrogens with zero attached hydrogens (tertiary/aromatic N) is 3. The molecule has 0 saturated heterocycles. The molecule has 0 unspecified atom stereocenters. The SMILES string of the molecule is Cc1ccc(C(C)C)c(-n2nccn2)c1. The zero-order valence-electron chi connectivity index (χ0n) is 9.31. The highest BCUT2D eigenvalue weighted by molar-refractivity contribution is 5.43. The van der Waals surface area contributed by atoms with Gasteiger partial charge in [-0.3, -0.25) is 0 Å². The van der Waals surface area contributed by atoms with E-state index in [-0.39, 0.29) is 0 Å². The van der Waals surface area contributed by atoms with Crippen molar-refractivity contribution < 1.29 is 0 Å². The van der Waals surface area contributed by atoms with E-state index in [0.29, 0.717) is 5.92 Å². The van der Waals surface area contributed by atoms with Crippen LogP contribution in [0.5, 0.6) is 0 Å². The van der Waals surface area contributed by atoms with Gasteiger partial charge in [-0.1, -0.05) is 26.0 Å². The van der Waals surface area contributed by atoms with Gasteiger partial charge in [0, 0.05) is 0 Å². The zero-order chi connectivity index (χ0) is 10.8. The van der Waals surface area contributed by atoms with Crippen LogP contribution in [0.4, 0.5) is 0 Å². The van der Waals surface area contributed by atoms with Crippen LogP contribution in [-0.4, -0.2) is 15.0 Å². The van der Waals surface area contributed by atoms with Crippen molar-refractivity contribution in [2.75, 3.05) is 0 Å². The van der Waals surface area contributed by atoms with Gasteiger partial charge in [-0.15, -0.1) is 0 Å². The normalized spacial score (nSPS) is 10.9. The predicted molar refractivity (Wildman–Crippen MR) is 60.2 cm³/mol. The first-order valence-electron chi connectivity index (χ1n) is 5.15. The van der Waals surface area contributed by atoms with Crippen LogP contribution in [0.15, 0.2) is 30.6 Å². The lowest BCUT2D eigenvalue weighted by molar-refractivity contribution is 0.726. The topological polar surface area (TPSA) is 30.7 Å². The monoisotopic (exact) mass is 201 g/mol. The molecule has 0 radical (unpaired) electrons. The van der Waals surface area contributed by atoms with Crippen LogP contribution in [0.2, 0.25) is 0 Å². The molecule has 1 aromatic heterocycles. The summed E-state index contributed by atoms with van der Waals surface area (Å²) < 4.78 is 0. The Kier molecular flexibility index (Phi) is 2.54. The largest absolute Gasteiger partial charge is 0.157 e. The van der Waals surface area contributed by atoms with Gasteiger partial charge in [0.15, 0.2) is 0 Å². The molecule has 0 amide bonds. The number of aromatic nitrogens is 3. The fourth-order valence-corrected chi connectivity index (χ4v) is 1.66. The van der Waals surface area contributed by atoms with Crippen molar-refractivity contribution in [2.24, 2.45) is 0 Å². The first-order chi connectivity index (χ1) is 7.18. The van der Waals surface area contributed by atoms with Crippen LogP contribution in [0, 0.1) is 6.92 Å². The molecule has 0 aliphatic rings. The minimum atomic E-state index is 0.478. The van der Waals surface area contributed by atoms with Crippen LogP contribution in [0.25, 0.3) is 5.69 Å². The van der Waals surface area contributed by atoms with Crippen LogP contribution < -0.4 is 0 Å². The summed E-state index contributed by atoms with van der Waals surface area (Å²) in [5.74, 6) is 0.478. The van der Waals surface area contributed by atoms with E-state index in [0.717, 1.165) is 5.69 Å². The highest BCUT2D eigenvalue weighted by atomic mass is 15.5. The second-order valence-electron chi connectivity index (χ2n) is 4.04. The molecule has 1 heterocycles. The standard InChI is InChI=1S/C12H15N3/c1-9(2)11-5-4-10(3)8-12(11)15-13-6-7-14-15/h4-9H,1-3H3. The Morgan fingerprint density at radius 3 is 2.40 bits per heavy atom. The van der Waals surface area contributed by atoms with Crippen LogP contribution in [-0.2, 0) is 0 Å². The average Bonchev–Trinajstić information content (AvgIpc) is 2.69. The maximum Gasteiger partial charge on any atom is 0.0893 e. The highest BCUT2D eigenvalue weighted by Gasteiger charge is 2.09. The predicted octanol–water partition coefficient (Wildman–Crippen LogP) is 2.70. The van der Waals surface area contributed by atoms with E-state index in [2.05, 4.69) is 49.2 Å². The summed E-state index contributed by atoms with van der Waals surface area (Å²) in [5, 5.41) is 8.35. The number of aryl methyl sites for hydroxylation is 1. The van der Waals surface area contributed by atoms with Crippen LogP contribution in [0.3, 0.4) is 0 Å². The lowest BCUT2D eigenvalue weighted by atomic mass is 10.00. The molecule has 1 aromatic carbocycles. The summed E-state index contributed by atoms with van der Waals surface area (Å²) in [7, 11) is 0. The van der Waals surface area contributed by atoms with Crippen molar-refractivity contribution in [1.29, 1.82) is 0 Å². The van der Waals surface area contributed by atoms with Crippen molar-refractivity contribution in [3.63, 3.8) is 0 Å². The van der Waals surface area contributed by atoms with Gasteiger partial charge in [0.05, 0.1) is 18.1 Å². The second-order valence-corrected chi connectivity index (χ2v) is 4.04. The maximum absolute atomic E-state index is 4.18. The van der Waals surface area contributed by atoms with E-state index in [4.69, 9.17) is 0 Å². The van der Waals surface area contributed by atoms with Crippen molar-refractivity contribution >= 4 is 0 Å². The van der Waals surface area contributed by atoms with Crippen molar-refractivity contribution in [3.8, 4) is 5.69 Å². The smallest absolute Gasteiger partial charge is 0.0893 e. The molecule has 0 N–H and O–H groups in total. The lowest BCUT2D eigenvalue weighted by Crippen LogP contribution is -2.04. The molecule has 2 rings (SSSR count). The Labute approximate surface area is 89.7 Å². The van der Waals surface area contributed by atoms with E-state index in [1.165, 1.54) is 11.1 Å². The fourth-order valence-electron chi connectivity index (χ4n) is 1.66. The summed E-state index contributed by atoms with van der Waals surface area (Å²) >= 11 is 0. The molecule has 78 valence electrons.